The molecule has 0 aliphatic heterocycles. The van der Waals surface area contributed by atoms with E-state index in [1.54, 1.807) is 7.11 Å². The molecule has 0 aliphatic rings. The summed E-state index contributed by atoms with van der Waals surface area (Å²) in [5.41, 5.74) is 1.37. The van der Waals surface area contributed by atoms with Crippen LogP contribution in [0.3, 0.4) is 0 Å². The molecule has 0 radical (unpaired) electrons. The second kappa shape index (κ2) is 7.43. The molecule has 15 heavy (non-hydrogen) atoms. The Morgan fingerprint density at radius 3 is 2.60 bits per heavy atom. The molecule has 0 aromatic heterocycles. The molecular weight excluding hydrogens is 186 g/mol. The Balaban J connectivity index is 2.36. The molecule has 1 atom stereocenters. The first kappa shape index (κ1) is 12.2. The van der Waals surface area contributed by atoms with Gasteiger partial charge in [0, 0.05) is 19.8 Å². The predicted molar refractivity (Wildman–Crippen MR) is 64.0 cm³/mol. The number of ether oxygens (including phenoxy) is 1. The zero-order valence-corrected chi connectivity index (χ0v) is 9.70. The summed E-state index contributed by atoms with van der Waals surface area (Å²) in [5.74, 6) is 0. The Morgan fingerprint density at radius 1 is 1.27 bits per heavy atom. The van der Waals surface area contributed by atoms with E-state index in [9.17, 15) is 0 Å². The van der Waals surface area contributed by atoms with Gasteiger partial charge in [-0.05, 0) is 24.9 Å². The van der Waals surface area contributed by atoms with Crippen LogP contribution in [-0.4, -0.2) is 20.3 Å². The van der Waals surface area contributed by atoms with Gasteiger partial charge in [-0.2, -0.15) is 0 Å². The maximum absolute atomic E-state index is 5.02. The van der Waals surface area contributed by atoms with Gasteiger partial charge in [0.25, 0.3) is 0 Å². The first-order valence-electron chi connectivity index (χ1n) is 5.65. The first-order valence-corrected chi connectivity index (χ1v) is 5.65. The maximum atomic E-state index is 5.02. The van der Waals surface area contributed by atoms with Crippen molar-refractivity contribution in [2.75, 3.05) is 20.3 Å². The molecule has 1 aromatic carbocycles. The summed E-state index contributed by atoms with van der Waals surface area (Å²) in [6.07, 6.45) is 2.19. The second-order valence-electron chi connectivity index (χ2n) is 3.67. The van der Waals surface area contributed by atoms with Crippen molar-refractivity contribution in [1.29, 1.82) is 0 Å². The minimum absolute atomic E-state index is 0.475. The van der Waals surface area contributed by atoms with Crippen molar-refractivity contribution in [2.45, 2.75) is 25.8 Å². The maximum Gasteiger partial charge on any atom is 0.0474 e. The van der Waals surface area contributed by atoms with Crippen molar-refractivity contribution in [3.8, 4) is 0 Å². The van der Waals surface area contributed by atoms with Crippen LogP contribution in [0.15, 0.2) is 30.3 Å². The second-order valence-corrected chi connectivity index (χ2v) is 3.67. The third-order valence-corrected chi connectivity index (χ3v) is 2.53. The molecule has 84 valence electrons. The lowest BCUT2D eigenvalue weighted by atomic mass is 10.0. The molecule has 1 N–H and O–H groups in total. The van der Waals surface area contributed by atoms with E-state index in [-0.39, 0.29) is 0 Å². The Morgan fingerprint density at radius 2 is 2.00 bits per heavy atom. The average Bonchev–Trinajstić information content (AvgIpc) is 2.30. The molecule has 0 saturated heterocycles. The quantitative estimate of drug-likeness (QED) is 0.694. The number of benzene rings is 1. The molecule has 2 heteroatoms. The Labute approximate surface area is 92.6 Å². The largest absolute Gasteiger partial charge is 0.385 e. The van der Waals surface area contributed by atoms with Crippen LogP contribution in [0.2, 0.25) is 0 Å². The molecule has 0 spiro atoms. The monoisotopic (exact) mass is 207 g/mol. The minimum Gasteiger partial charge on any atom is -0.385 e. The number of hydrogen-bond acceptors (Lipinski definition) is 2. The molecule has 0 amide bonds. The minimum atomic E-state index is 0.475. The van der Waals surface area contributed by atoms with Crippen LogP contribution in [0.25, 0.3) is 0 Å². The summed E-state index contributed by atoms with van der Waals surface area (Å²) < 4.78 is 5.02. The molecule has 2 nitrogen and oxygen atoms in total. The lowest BCUT2D eigenvalue weighted by Crippen LogP contribution is -2.22. The zero-order valence-electron chi connectivity index (χ0n) is 9.70. The predicted octanol–water partition coefficient (Wildman–Crippen LogP) is 2.76. The van der Waals surface area contributed by atoms with Gasteiger partial charge in [0.15, 0.2) is 0 Å². The number of nitrogens with one attached hydrogen (secondary N) is 1. The van der Waals surface area contributed by atoms with E-state index in [0.717, 1.165) is 26.0 Å². The van der Waals surface area contributed by atoms with E-state index in [1.807, 2.05) is 0 Å². The molecule has 0 saturated carbocycles. The van der Waals surface area contributed by atoms with E-state index in [4.69, 9.17) is 4.74 Å². The molecule has 0 unspecified atom stereocenters. The average molecular weight is 207 g/mol. The highest BCUT2D eigenvalue weighted by molar-refractivity contribution is 5.18. The number of hydrogen-bond donors (Lipinski definition) is 1. The SMILES string of the molecule is CC[C@@H](NCCCOC)c1ccccc1. The van der Waals surface area contributed by atoms with E-state index in [1.165, 1.54) is 5.56 Å². The Bertz CT molecular complexity index is 248. The Hall–Kier alpha value is -0.860. The van der Waals surface area contributed by atoms with Gasteiger partial charge in [-0.3, -0.25) is 0 Å². The van der Waals surface area contributed by atoms with Crippen molar-refractivity contribution >= 4 is 0 Å². The smallest absolute Gasteiger partial charge is 0.0474 e. The van der Waals surface area contributed by atoms with Crippen LogP contribution in [0.4, 0.5) is 0 Å². The normalized spacial score (nSPS) is 12.7. The molecule has 1 aromatic rings. The summed E-state index contributed by atoms with van der Waals surface area (Å²) in [6, 6.07) is 11.1. The third-order valence-electron chi connectivity index (χ3n) is 2.53. The van der Waals surface area contributed by atoms with Crippen molar-refractivity contribution in [2.24, 2.45) is 0 Å². The van der Waals surface area contributed by atoms with Crippen LogP contribution < -0.4 is 5.32 Å². The van der Waals surface area contributed by atoms with Crippen LogP contribution in [0.1, 0.15) is 31.4 Å². The fourth-order valence-corrected chi connectivity index (χ4v) is 1.68. The van der Waals surface area contributed by atoms with Gasteiger partial charge < -0.3 is 10.1 Å². The van der Waals surface area contributed by atoms with Gasteiger partial charge in [0.2, 0.25) is 0 Å². The number of methoxy groups -OCH3 is 1. The van der Waals surface area contributed by atoms with E-state index < -0.39 is 0 Å². The van der Waals surface area contributed by atoms with E-state index >= 15 is 0 Å². The summed E-state index contributed by atoms with van der Waals surface area (Å²) in [7, 11) is 1.74. The van der Waals surface area contributed by atoms with Gasteiger partial charge in [-0.25, -0.2) is 0 Å². The van der Waals surface area contributed by atoms with Crippen molar-refractivity contribution < 1.29 is 4.74 Å². The van der Waals surface area contributed by atoms with Gasteiger partial charge in [-0.1, -0.05) is 37.3 Å². The van der Waals surface area contributed by atoms with Crippen LogP contribution >= 0.6 is 0 Å². The van der Waals surface area contributed by atoms with Gasteiger partial charge in [0.1, 0.15) is 0 Å². The fraction of sp³-hybridized carbons (Fsp3) is 0.538. The summed E-state index contributed by atoms with van der Waals surface area (Å²) in [5, 5.41) is 3.54. The summed E-state index contributed by atoms with van der Waals surface area (Å²) >= 11 is 0. The van der Waals surface area contributed by atoms with Gasteiger partial charge in [0.05, 0.1) is 0 Å². The lowest BCUT2D eigenvalue weighted by Gasteiger charge is -2.17. The summed E-state index contributed by atoms with van der Waals surface area (Å²) in [6.45, 7) is 4.06. The van der Waals surface area contributed by atoms with Gasteiger partial charge >= 0.3 is 0 Å². The fourth-order valence-electron chi connectivity index (χ4n) is 1.68. The third kappa shape index (κ3) is 4.45. The molecule has 0 aliphatic carbocycles. The zero-order chi connectivity index (χ0) is 10.9. The van der Waals surface area contributed by atoms with E-state index in [0.29, 0.717) is 6.04 Å². The van der Waals surface area contributed by atoms with Crippen molar-refractivity contribution in [1.82, 2.24) is 5.32 Å². The standard InChI is InChI=1S/C13H21NO/c1-3-13(14-10-7-11-15-2)12-8-5-4-6-9-12/h4-6,8-9,13-14H,3,7,10-11H2,1-2H3/t13-/m1/s1. The highest BCUT2D eigenvalue weighted by Gasteiger charge is 2.06. The van der Waals surface area contributed by atoms with Crippen LogP contribution in [0.5, 0.6) is 0 Å². The molecule has 0 bridgehead atoms. The highest BCUT2D eigenvalue weighted by atomic mass is 16.5. The molecular formula is C13H21NO. The molecule has 1 rings (SSSR count). The Kier molecular flexibility index (Phi) is 6.05. The van der Waals surface area contributed by atoms with E-state index in [2.05, 4.69) is 42.6 Å². The molecule has 0 heterocycles. The number of rotatable bonds is 7. The van der Waals surface area contributed by atoms with Crippen molar-refractivity contribution in [3.63, 3.8) is 0 Å². The first-order chi connectivity index (χ1) is 7.38. The van der Waals surface area contributed by atoms with Crippen molar-refractivity contribution in [3.05, 3.63) is 35.9 Å². The van der Waals surface area contributed by atoms with Crippen LogP contribution in [-0.2, 0) is 4.74 Å². The van der Waals surface area contributed by atoms with Crippen LogP contribution in [0, 0.1) is 0 Å². The highest BCUT2D eigenvalue weighted by Crippen LogP contribution is 2.15. The van der Waals surface area contributed by atoms with Gasteiger partial charge in [-0.15, -0.1) is 0 Å². The lowest BCUT2D eigenvalue weighted by molar-refractivity contribution is 0.193. The summed E-state index contributed by atoms with van der Waals surface area (Å²) in [4.78, 5) is 0. The topological polar surface area (TPSA) is 21.3 Å². The molecule has 0 fully saturated rings.